The lowest BCUT2D eigenvalue weighted by molar-refractivity contribution is -0.111. The lowest BCUT2D eigenvalue weighted by Crippen LogP contribution is -2.23. The van der Waals surface area contributed by atoms with Crippen molar-refractivity contribution in [1.29, 1.82) is 0 Å². The number of rotatable bonds is 4. The molecule has 1 aromatic carbocycles. The van der Waals surface area contributed by atoms with E-state index in [0.717, 1.165) is 24.0 Å². The van der Waals surface area contributed by atoms with Crippen LogP contribution in [0, 0.1) is 0 Å². The Morgan fingerprint density at radius 2 is 1.81 bits per heavy atom. The summed E-state index contributed by atoms with van der Waals surface area (Å²) in [6.45, 7) is 5.74. The van der Waals surface area contributed by atoms with E-state index >= 15 is 0 Å². The van der Waals surface area contributed by atoms with E-state index in [9.17, 15) is 9.59 Å². The number of carbonyl (C=O) groups excluding carboxylic acids is 2. The summed E-state index contributed by atoms with van der Waals surface area (Å²) in [6, 6.07) is 11.5. The Hall–Kier alpha value is -2.92. The molecule has 0 unspecified atom stereocenters. The molecule has 6 heteroatoms. The molecule has 0 radical (unpaired) electrons. The molecule has 1 aliphatic carbocycles. The number of ketones is 2. The summed E-state index contributed by atoms with van der Waals surface area (Å²) < 4.78 is 1.75. The number of para-hydroxylation sites is 1. The van der Waals surface area contributed by atoms with Gasteiger partial charge in [0.15, 0.2) is 0 Å². The standard InChI is InChI=1S/C21H18ClN3O2/c1-3-24(4-2)12-11-14-17(22)20(26)21(27)19-18(14)23-16-10-9-13-7-5-6-8-15(13)25(16)19/h5-12H,3-4H2,1-2H3/b12-11+. The van der Waals surface area contributed by atoms with Gasteiger partial charge in [0.05, 0.1) is 5.52 Å². The van der Waals surface area contributed by atoms with Crippen LogP contribution in [0.2, 0.25) is 0 Å². The number of carbonyl (C=O) groups is 2. The minimum absolute atomic E-state index is 0.0800. The molecular formula is C21H18ClN3O2. The Morgan fingerprint density at radius 3 is 2.56 bits per heavy atom. The predicted molar refractivity (Wildman–Crippen MR) is 107 cm³/mol. The average molecular weight is 380 g/mol. The van der Waals surface area contributed by atoms with Gasteiger partial charge in [-0.1, -0.05) is 29.8 Å². The minimum atomic E-state index is -0.696. The van der Waals surface area contributed by atoms with Crippen LogP contribution >= 0.6 is 11.6 Å². The van der Waals surface area contributed by atoms with Gasteiger partial charge in [-0.25, -0.2) is 4.98 Å². The van der Waals surface area contributed by atoms with Crippen LogP contribution in [0.4, 0.5) is 0 Å². The summed E-state index contributed by atoms with van der Waals surface area (Å²) in [5, 5.41) is 0.884. The Kier molecular flexibility index (Phi) is 4.32. The van der Waals surface area contributed by atoms with Crippen molar-refractivity contribution >= 4 is 45.3 Å². The minimum Gasteiger partial charge on any atom is -0.378 e. The first-order valence-corrected chi connectivity index (χ1v) is 9.26. The number of imidazole rings is 1. The van der Waals surface area contributed by atoms with Crippen LogP contribution in [0.25, 0.3) is 22.1 Å². The second kappa shape index (κ2) is 6.67. The van der Waals surface area contributed by atoms with Gasteiger partial charge in [0.25, 0.3) is 5.78 Å². The zero-order chi connectivity index (χ0) is 19.1. The molecule has 0 saturated carbocycles. The largest absolute Gasteiger partial charge is 0.378 e. The summed E-state index contributed by atoms with van der Waals surface area (Å²) in [5.41, 5.74) is 2.64. The van der Waals surface area contributed by atoms with E-state index in [1.807, 2.05) is 56.4 Å². The second-order valence-corrected chi connectivity index (χ2v) is 6.70. The Morgan fingerprint density at radius 1 is 1.07 bits per heavy atom. The first-order valence-electron chi connectivity index (χ1n) is 8.88. The molecule has 27 heavy (non-hydrogen) atoms. The quantitative estimate of drug-likeness (QED) is 0.641. The first kappa shape index (κ1) is 17.5. The highest BCUT2D eigenvalue weighted by atomic mass is 35.5. The molecule has 2 aromatic heterocycles. The normalized spacial score (nSPS) is 14.6. The molecule has 3 aromatic rings. The molecule has 0 saturated heterocycles. The van der Waals surface area contributed by atoms with Crippen LogP contribution in [0.1, 0.15) is 30.0 Å². The van der Waals surface area contributed by atoms with Crippen LogP contribution in [0.3, 0.4) is 0 Å². The number of hydrogen-bond acceptors (Lipinski definition) is 4. The van der Waals surface area contributed by atoms with Gasteiger partial charge < -0.3 is 4.90 Å². The molecule has 0 atom stereocenters. The summed E-state index contributed by atoms with van der Waals surface area (Å²) in [4.78, 5) is 32.0. The number of pyridine rings is 1. The van der Waals surface area contributed by atoms with Crippen molar-refractivity contribution < 1.29 is 9.59 Å². The third-order valence-corrected chi connectivity index (χ3v) is 5.24. The van der Waals surface area contributed by atoms with Gasteiger partial charge >= 0.3 is 0 Å². The van der Waals surface area contributed by atoms with Crippen molar-refractivity contribution in [3.63, 3.8) is 0 Å². The number of aromatic nitrogens is 2. The van der Waals surface area contributed by atoms with Gasteiger partial charge in [0.2, 0.25) is 5.78 Å². The number of fused-ring (bicyclic) bond motifs is 5. The van der Waals surface area contributed by atoms with Gasteiger partial charge in [-0.3, -0.25) is 14.0 Å². The van der Waals surface area contributed by atoms with Crippen LogP contribution in [-0.2, 0) is 4.79 Å². The average Bonchev–Trinajstić information content (AvgIpc) is 3.09. The van der Waals surface area contributed by atoms with E-state index in [4.69, 9.17) is 11.6 Å². The van der Waals surface area contributed by atoms with Crippen molar-refractivity contribution in [2.45, 2.75) is 13.8 Å². The number of benzene rings is 1. The lowest BCUT2D eigenvalue weighted by atomic mass is 9.97. The van der Waals surface area contributed by atoms with E-state index in [2.05, 4.69) is 9.88 Å². The van der Waals surface area contributed by atoms with Crippen molar-refractivity contribution in [3.8, 4) is 0 Å². The van der Waals surface area contributed by atoms with Gasteiger partial charge in [0, 0.05) is 18.7 Å². The van der Waals surface area contributed by atoms with Gasteiger partial charge in [-0.15, -0.1) is 0 Å². The maximum absolute atomic E-state index is 12.8. The maximum Gasteiger partial charge on any atom is 0.253 e. The highest BCUT2D eigenvalue weighted by Gasteiger charge is 2.35. The molecule has 0 aliphatic heterocycles. The van der Waals surface area contributed by atoms with Crippen LogP contribution in [0.15, 0.2) is 53.7 Å². The maximum atomic E-state index is 12.8. The van der Waals surface area contributed by atoms with Crippen molar-refractivity contribution in [1.82, 2.24) is 14.3 Å². The van der Waals surface area contributed by atoms with Crippen LogP contribution in [0.5, 0.6) is 0 Å². The SMILES string of the molecule is CCN(/C=C/C1=C(Cl)C(=O)C(=O)c2c1nc1ccc3ccccc3n21)CC. The van der Waals surface area contributed by atoms with Gasteiger partial charge in [-0.05, 0) is 49.7 Å². The van der Waals surface area contributed by atoms with Gasteiger partial charge in [-0.2, -0.15) is 0 Å². The Labute approximate surface area is 161 Å². The van der Waals surface area contributed by atoms with Crippen molar-refractivity contribution in [2.24, 2.45) is 0 Å². The first-order chi connectivity index (χ1) is 13.1. The monoisotopic (exact) mass is 379 g/mol. The third kappa shape index (κ3) is 2.66. The molecule has 0 spiro atoms. The Balaban J connectivity index is 2.01. The summed E-state index contributed by atoms with van der Waals surface area (Å²) in [5.74, 6) is -1.32. The molecular weight excluding hydrogens is 362 g/mol. The lowest BCUT2D eigenvalue weighted by Gasteiger charge is -2.17. The van der Waals surface area contributed by atoms with E-state index < -0.39 is 11.6 Å². The fraction of sp³-hybridized carbons (Fsp3) is 0.190. The number of halogens is 1. The smallest absolute Gasteiger partial charge is 0.253 e. The molecule has 0 fully saturated rings. The fourth-order valence-corrected chi connectivity index (χ4v) is 3.63. The van der Waals surface area contributed by atoms with Gasteiger partial charge in [0.1, 0.15) is 22.1 Å². The number of nitrogens with zero attached hydrogens (tertiary/aromatic N) is 3. The molecule has 0 bridgehead atoms. The molecule has 136 valence electrons. The Bertz CT molecular complexity index is 1150. The van der Waals surface area contributed by atoms with Crippen LogP contribution < -0.4 is 0 Å². The number of allylic oxidation sites excluding steroid dienone is 3. The molecule has 5 nitrogen and oxygen atoms in total. The number of hydrogen-bond donors (Lipinski definition) is 0. The summed E-state index contributed by atoms with van der Waals surface area (Å²) in [7, 11) is 0. The van der Waals surface area contributed by atoms with E-state index in [0.29, 0.717) is 16.9 Å². The highest BCUT2D eigenvalue weighted by molar-refractivity contribution is 6.64. The zero-order valence-corrected chi connectivity index (χ0v) is 15.8. The van der Waals surface area contributed by atoms with Crippen LogP contribution in [-0.4, -0.2) is 38.9 Å². The molecule has 0 amide bonds. The summed E-state index contributed by atoms with van der Waals surface area (Å²) >= 11 is 6.26. The fourth-order valence-electron chi connectivity index (χ4n) is 3.39. The molecule has 4 rings (SSSR count). The molecule has 2 heterocycles. The molecule has 1 aliphatic rings. The van der Waals surface area contributed by atoms with Crippen molar-refractivity contribution in [2.75, 3.05) is 13.1 Å². The number of Topliss-reactive ketones (excluding diaryl/α,β-unsaturated/α-hetero) is 2. The second-order valence-electron chi connectivity index (χ2n) is 6.32. The van der Waals surface area contributed by atoms with E-state index in [1.165, 1.54) is 0 Å². The van der Waals surface area contributed by atoms with E-state index in [1.54, 1.807) is 10.5 Å². The summed E-state index contributed by atoms with van der Waals surface area (Å²) in [6.07, 6.45) is 3.65. The molecule has 0 N–H and O–H groups in total. The van der Waals surface area contributed by atoms with E-state index in [-0.39, 0.29) is 10.7 Å². The van der Waals surface area contributed by atoms with Crippen molar-refractivity contribution in [3.05, 3.63) is 65.1 Å². The third-order valence-electron chi connectivity index (χ3n) is 4.87. The highest BCUT2D eigenvalue weighted by Crippen LogP contribution is 2.34. The predicted octanol–water partition coefficient (Wildman–Crippen LogP) is 4.06. The topological polar surface area (TPSA) is 54.7 Å². The zero-order valence-electron chi connectivity index (χ0n) is 15.1.